The van der Waals surface area contributed by atoms with Gasteiger partial charge in [-0.2, -0.15) is 0 Å². The third-order valence-corrected chi connectivity index (χ3v) is 8.71. The summed E-state index contributed by atoms with van der Waals surface area (Å²) in [5.74, 6) is 2.17. The zero-order chi connectivity index (χ0) is 19.4. The summed E-state index contributed by atoms with van der Waals surface area (Å²) in [4.78, 5) is 35.9. The fourth-order valence-electron chi connectivity index (χ4n) is 7.53. The van der Waals surface area contributed by atoms with Gasteiger partial charge in [-0.05, 0) is 81.1 Å². The molecule has 148 valence electrons. The lowest BCUT2D eigenvalue weighted by Gasteiger charge is -2.58. The van der Waals surface area contributed by atoms with Gasteiger partial charge in [0.15, 0.2) is 5.78 Å². The molecule has 0 spiro atoms. The van der Waals surface area contributed by atoms with Crippen LogP contribution in [-0.2, 0) is 19.1 Å². The van der Waals surface area contributed by atoms with Gasteiger partial charge >= 0.3 is 5.97 Å². The van der Waals surface area contributed by atoms with Gasteiger partial charge in [-0.15, -0.1) is 0 Å². The number of ether oxygens (including phenoxy) is 1. The maximum Gasteiger partial charge on any atom is 0.302 e. The number of rotatable bonds is 3. The van der Waals surface area contributed by atoms with E-state index < -0.39 is 0 Å². The normalized spacial score (nSPS) is 43.2. The van der Waals surface area contributed by atoms with E-state index >= 15 is 0 Å². The smallest absolute Gasteiger partial charge is 0.302 e. The molecule has 3 saturated carbocycles. The second-order valence-corrected chi connectivity index (χ2v) is 9.77. The second-order valence-electron chi connectivity index (χ2n) is 9.77. The van der Waals surface area contributed by atoms with E-state index in [0.29, 0.717) is 36.6 Å². The first-order valence-electron chi connectivity index (χ1n) is 10.7. The molecule has 0 N–H and O–H groups in total. The van der Waals surface area contributed by atoms with Gasteiger partial charge in [0.2, 0.25) is 0 Å². The maximum atomic E-state index is 12.3. The Bertz CT molecular complexity index is 707. The molecular weight excluding hydrogens is 340 g/mol. The number of hydrogen-bond acceptors (Lipinski definition) is 4. The maximum absolute atomic E-state index is 12.3. The van der Waals surface area contributed by atoms with Crippen molar-refractivity contribution in [3.63, 3.8) is 0 Å². The third kappa shape index (κ3) is 2.82. The summed E-state index contributed by atoms with van der Waals surface area (Å²) in [6.45, 7) is 6.01. The van der Waals surface area contributed by atoms with E-state index in [9.17, 15) is 14.4 Å². The molecule has 27 heavy (non-hydrogen) atoms. The number of carbonyl (C=O) groups is 3. The van der Waals surface area contributed by atoms with Crippen LogP contribution in [0.1, 0.15) is 72.1 Å². The number of hydrogen-bond donors (Lipinski definition) is 0. The zero-order valence-corrected chi connectivity index (χ0v) is 16.9. The molecule has 0 aromatic heterocycles. The van der Waals surface area contributed by atoms with E-state index in [1.54, 1.807) is 6.92 Å². The molecule has 0 unspecified atom stereocenters. The summed E-state index contributed by atoms with van der Waals surface area (Å²) in [7, 11) is 0. The Morgan fingerprint density at radius 3 is 2.56 bits per heavy atom. The van der Waals surface area contributed by atoms with Crippen molar-refractivity contribution in [1.82, 2.24) is 0 Å². The van der Waals surface area contributed by atoms with Crippen molar-refractivity contribution in [1.29, 1.82) is 0 Å². The Balaban J connectivity index is 1.68. The highest BCUT2D eigenvalue weighted by atomic mass is 16.5. The van der Waals surface area contributed by atoms with E-state index in [1.807, 2.05) is 6.08 Å². The fraction of sp³-hybridized carbons (Fsp3) is 0.783. The van der Waals surface area contributed by atoms with E-state index in [4.69, 9.17) is 4.74 Å². The molecule has 6 atom stereocenters. The van der Waals surface area contributed by atoms with Gasteiger partial charge in [-0.25, -0.2) is 0 Å². The standard InChI is InChI=1S/C23H32O4/c1-14(24)19-6-7-20-18-5-4-16-12-17(26)8-11-23(16,13-27-15(2)25)21(18)9-10-22(19,20)3/h12,18-21H,4-11,13H2,1-3H3/t18-,19+,20-,21-,22+,23+/m0/s1. The van der Waals surface area contributed by atoms with Gasteiger partial charge < -0.3 is 4.74 Å². The van der Waals surface area contributed by atoms with Crippen LogP contribution in [-0.4, -0.2) is 24.1 Å². The molecule has 0 aliphatic heterocycles. The second kappa shape index (κ2) is 6.56. The Morgan fingerprint density at radius 2 is 1.85 bits per heavy atom. The van der Waals surface area contributed by atoms with Crippen LogP contribution >= 0.6 is 0 Å². The average molecular weight is 373 g/mol. The van der Waals surface area contributed by atoms with Crippen molar-refractivity contribution in [3.05, 3.63) is 11.6 Å². The largest absolute Gasteiger partial charge is 0.465 e. The molecule has 0 aromatic carbocycles. The molecule has 0 saturated heterocycles. The van der Waals surface area contributed by atoms with Crippen LogP contribution in [0, 0.1) is 34.5 Å². The van der Waals surface area contributed by atoms with Crippen molar-refractivity contribution in [2.24, 2.45) is 34.5 Å². The molecule has 4 aliphatic rings. The van der Waals surface area contributed by atoms with Crippen molar-refractivity contribution < 1.29 is 19.1 Å². The van der Waals surface area contributed by atoms with Crippen LogP contribution in [0.2, 0.25) is 0 Å². The first kappa shape index (κ1) is 18.9. The highest BCUT2D eigenvalue weighted by Gasteiger charge is 2.61. The van der Waals surface area contributed by atoms with E-state index in [2.05, 4.69) is 6.92 Å². The van der Waals surface area contributed by atoms with Gasteiger partial charge in [0, 0.05) is 24.7 Å². The Labute approximate surface area is 162 Å². The molecule has 0 radical (unpaired) electrons. The molecule has 4 heteroatoms. The van der Waals surface area contributed by atoms with Crippen molar-refractivity contribution in [3.8, 4) is 0 Å². The lowest BCUT2D eigenvalue weighted by Crippen LogP contribution is -2.53. The summed E-state index contributed by atoms with van der Waals surface area (Å²) in [6, 6.07) is 0. The van der Waals surface area contributed by atoms with Crippen molar-refractivity contribution in [2.75, 3.05) is 6.61 Å². The van der Waals surface area contributed by atoms with Gasteiger partial charge in [0.05, 0.1) is 0 Å². The lowest BCUT2D eigenvalue weighted by molar-refractivity contribution is -0.150. The quantitative estimate of drug-likeness (QED) is 0.694. The number of ketones is 2. The molecule has 4 nitrogen and oxygen atoms in total. The molecule has 3 fully saturated rings. The number of fused-ring (bicyclic) bond motifs is 5. The fourth-order valence-corrected chi connectivity index (χ4v) is 7.53. The summed E-state index contributed by atoms with van der Waals surface area (Å²) in [6.07, 6.45) is 9.60. The topological polar surface area (TPSA) is 60.4 Å². The van der Waals surface area contributed by atoms with Gasteiger partial charge in [-0.3, -0.25) is 14.4 Å². The number of esters is 1. The minimum absolute atomic E-state index is 0.126. The van der Waals surface area contributed by atoms with Crippen LogP contribution in [0.15, 0.2) is 11.6 Å². The highest BCUT2D eigenvalue weighted by molar-refractivity contribution is 5.91. The summed E-state index contributed by atoms with van der Waals surface area (Å²) in [5, 5.41) is 0. The molecule has 0 aromatic rings. The van der Waals surface area contributed by atoms with Crippen LogP contribution in [0.3, 0.4) is 0 Å². The highest BCUT2D eigenvalue weighted by Crippen LogP contribution is 2.66. The molecule has 4 aliphatic carbocycles. The molecule has 4 rings (SSSR count). The summed E-state index contributed by atoms with van der Waals surface area (Å²) >= 11 is 0. The minimum atomic E-state index is -0.235. The minimum Gasteiger partial charge on any atom is -0.465 e. The molecule has 0 bridgehead atoms. The van der Waals surface area contributed by atoms with E-state index in [0.717, 1.165) is 44.9 Å². The average Bonchev–Trinajstić information content (AvgIpc) is 2.97. The van der Waals surface area contributed by atoms with E-state index in [-0.39, 0.29) is 28.5 Å². The number of Topliss-reactive ketones (excluding diaryl/α,β-unsaturated/α-hetero) is 1. The van der Waals surface area contributed by atoms with Gasteiger partial charge in [0.25, 0.3) is 0 Å². The Kier molecular flexibility index (Phi) is 4.59. The summed E-state index contributed by atoms with van der Waals surface area (Å²) in [5.41, 5.74) is 1.20. The summed E-state index contributed by atoms with van der Waals surface area (Å²) < 4.78 is 5.58. The SMILES string of the molecule is CC(=O)OC[C@]12CCC(=O)C=C1CC[C@@H]1[C@@H]2CC[C@]2(C)[C@@H](C(C)=O)CC[C@@H]12. The van der Waals surface area contributed by atoms with Gasteiger partial charge in [-0.1, -0.05) is 12.5 Å². The third-order valence-electron chi connectivity index (χ3n) is 8.71. The first-order valence-corrected chi connectivity index (χ1v) is 10.7. The van der Waals surface area contributed by atoms with Crippen LogP contribution in [0.25, 0.3) is 0 Å². The van der Waals surface area contributed by atoms with Crippen molar-refractivity contribution in [2.45, 2.75) is 72.1 Å². The number of carbonyl (C=O) groups excluding carboxylic acids is 3. The van der Waals surface area contributed by atoms with Crippen LogP contribution in [0.4, 0.5) is 0 Å². The lowest BCUT2D eigenvalue weighted by atomic mass is 9.46. The molecular formula is C23H32O4. The Hall–Kier alpha value is -1.45. The van der Waals surface area contributed by atoms with E-state index in [1.165, 1.54) is 12.5 Å². The Morgan fingerprint density at radius 1 is 1.07 bits per heavy atom. The predicted octanol–water partition coefficient (Wildman–Crippen LogP) is 4.27. The van der Waals surface area contributed by atoms with Crippen LogP contribution < -0.4 is 0 Å². The van der Waals surface area contributed by atoms with Crippen LogP contribution in [0.5, 0.6) is 0 Å². The van der Waals surface area contributed by atoms with Gasteiger partial charge in [0.1, 0.15) is 12.4 Å². The zero-order valence-electron chi connectivity index (χ0n) is 16.9. The molecule has 0 amide bonds. The van der Waals surface area contributed by atoms with Crippen molar-refractivity contribution >= 4 is 17.5 Å². The first-order chi connectivity index (χ1) is 12.8. The predicted molar refractivity (Wildman–Crippen MR) is 102 cm³/mol. The molecule has 0 heterocycles. The monoisotopic (exact) mass is 372 g/mol.